The highest BCUT2D eigenvalue weighted by Crippen LogP contribution is 2.07. The third kappa shape index (κ3) is 3.30. The van der Waals surface area contributed by atoms with Crippen LogP contribution in [0.1, 0.15) is 15.3 Å². The molecule has 2 rings (SSSR count). The molecule has 0 bridgehead atoms. The van der Waals surface area contributed by atoms with E-state index < -0.39 is 0 Å². The van der Waals surface area contributed by atoms with Crippen LogP contribution in [0.5, 0.6) is 0 Å². The molecule has 0 unspecified atom stereocenters. The summed E-state index contributed by atoms with van der Waals surface area (Å²) in [6.45, 7) is 4.00. The number of para-hydroxylation sites is 1. The van der Waals surface area contributed by atoms with Gasteiger partial charge in [-0.1, -0.05) is 38.1 Å². The summed E-state index contributed by atoms with van der Waals surface area (Å²) in [5.41, 5.74) is 1.06. The largest absolute Gasteiger partial charge is 0.256 e. The Balaban J connectivity index is 0. The molecule has 0 aliphatic heterocycles. The van der Waals surface area contributed by atoms with E-state index in [1.54, 1.807) is 0 Å². The van der Waals surface area contributed by atoms with Gasteiger partial charge in [0.05, 0.1) is 5.52 Å². The van der Waals surface area contributed by atoms with Gasteiger partial charge in [-0.2, -0.15) is 0 Å². The van der Waals surface area contributed by atoms with Crippen molar-refractivity contribution in [3.63, 3.8) is 0 Å². The number of fused-ring (bicyclic) bond motifs is 1. The molecule has 1 nitrogen and oxygen atoms in total. The summed E-state index contributed by atoms with van der Waals surface area (Å²) in [4.78, 5) is 4.18. The van der Waals surface area contributed by atoms with E-state index in [4.69, 9.17) is 0 Å². The van der Waals surface area contributed by atoms with Gasteiger partial charge in [-0.25, -0.2) is 0 Å². The van der Waals surface area contributed by atoms with Gasteiger partial charge in [0.1, 0.15) is 0 Å². The van der Waals surface area contributed by atoms with Crippen LogP contribution in [0.4, 0.5) is 0 Å². The normalized spacial score (nSPS) is 8.15. The average Bonchev–Trinajstić information content (AvgIpc) is 2.21. The van der Waals surface area contributed by atoms with Crippen LogP contribution in [0.15, 0.2) is 42.6 Å². The molecule has 0 radical (unpaired) electrons. The summed E-state index contributed by atoms with van der Waals surface area (Å²) < 4.78 is 0. The highest BCUT2D eigenvalue weighted by molar-refractivity contribution is 14.0. The van der Waals surface area contributed by atoms with E-state index in [1.807, 2.05) is 44.3 Å². The van der Waals surface area contributed by atoms with Crippen LogP contribution in [0.25, 0.3) is 10.9 Å². The van der Waals surface area contributed by atoms with Gasteiger partial charge in [0.2, 0.25) is 0 Å². The number of benzene rings is 1. The fourth-order valence-corrected chi connectivity index (χ4v) is 1.02. The first-order valence-corrected chi connectivity index (χ1v) is 4.26. The maximum Gasteiger partial charge on any atom is 0.0701 e. The monoisotopic (exact) mass is 289 g/mol. The summed E-state index contributed by atoms with van der Waals surface area (Å²) in [5.74, 6) is 0. The molecule has 0 saturated carbocycles. The van der Waals surface area contributed by atoms with E-state index >= 15 is 0 Å². The van der Waals surface area contributed by atoms with Gasteiger partial charge in [-0.3, -0.25) is 4.98 Å². The Bertz CT molecular complexity index is 286. The second-order valence-corrected chi connectivity index (χ2v) is 2.20. The minimum atomic E-state index is 0. The number of hydrogen-bond acceptors (Lipinski definition) is 1. The zero-order valence-electron chi connectivity index (χ0n) is 7.90. The Hall–Kier alpha value is -0.640. The highest BCUT2D eigenvalue weighted by Gasteiger charge is 1.86. The molecule has 2 heteroatoms. The number of rotatable bonds is 0. The van der Waals surface area contributed by atoms with Crippen LogP contribution in [0, 0.1) is 0 Å². The van der Waals surface area contributed by atoms with Crippen molar-refractivity contribution in [3.8, 4) is 0 Å². The van der Waals surface area contributed by atoms with Crippen molar-refractivity contribution in [2.24, 2.45) is 0 Å². The molecular formula is C11H16IN. The van der Waals surface area contributed by atoms with Crippen molar-refractivity contribution in [1.29, 1.82) is 0 Å². The van der Waals surface area contributed by atoms with E-state index in [0.717, 1.165) is 5.52 Å². The Morgan fingerprint density at radius 2 is 1.62 bits per heavy atom. The minimum absolute atomic E-state index is 0. The lowest BCUT2D eigenvalue weighted by atomic mass is 10.2. The van der Waals surface area contributed by atoms with Crippen molar-refractivity contribution in [2.75, 3.05) is 0 Å². The first-order chi connectivity index (χ1) is 5.97. The Kier molecular flexibility index (Phi) is 6.49. The SMILES string of the molecule is CC.I.[HH].c1ccc2ncccc2c1. The summed E-state index contributed by atoms with van der Waals surface area (Å²) in [7, 11) is 0. The molecule has 1 aromatic carbocycles. The predicted octanol–water partition coefficient (Wildman–Crippen LogP) is 4.13. The molecule has 0 aliphatic rings. The third-order valence-corrected chi connectivity index (χ3v) is 1.51. The van der Waals surface area contributed by atoms with Gasteiger partial charge in [-0.05, 0) is 12.1 Å². The zero-order valence-corrected chi connectivity index (χ0v) is 10.2. The van der Waals surface area contributed by atoms with Crippen molar-refractivity contribution in [3.05, 3.63) is 42.6 Å². The molecule has 0 aliphatic carbocycles. The molecule has 0 saturated heterocycles. The van der Waals surface area contributed by atoms with E-state index in [-0.39, 0.29) is 25.4 Å². The van der Waals surface area contributed by atoms with Crippen molar-refractivity contribution in [1.82, 2.24) is 4.98 Å². The quantitative estimate of drug-likeness (QED) is 0.665. The second-order valence-electron chi connectivity index (χ2n) is 2.20. The van der Waals surface area contributed by atoms with E-state index in [2.05, 4.69) is 17.1 Å². The molecular weight excluding hydrogens is 273 g/mol. The summed E-state index contributed by atoms with van der Waals surface area (Å²) in [5, 5.41) is 1.20. The lowest BCUT2D eigenvalue weighted by Gasteiger charge is -1.91. The predicted molar refractivity (Wildman–Crippen MR) is 70.6 cm³/mol. The first-order valence-electron chi connectivity index (χ1n) is 4.26. The zero-order chi connectivity index (χ0) is 8.81. The summed E-state index contributed by atoms with van der Waals surface area (Å²) in [6.07, 6.45) is 1.81. The topological polar surface area (TPSA) is 12.9 Å². The molecule has 1 aromatic heterocycles. The average molecular weight is 289 g/mol. The number of pyridine rings is 1. The molecule has 1 heterocycles. The molecule has 2 aromatic rings. The summed E-state index contributed by atoms with van der Waals surface area (Å²) in [6, 6.07) is 12.1. The molecule has 0 fully saturated rings. The van der Waals surface area contributed by atoms with Crippen molar-refractivity contribution < 1.29 is 1.43 Å². The summed E-state index contributed by atoms with van der Waals surface area (Å²) >= 11 is 0. The minimum Gasteiger partial charge on any atom is -0.256 e. The van der Waals surface area contributed by atoms with Crippen LogP contribution >= 0.6 is 24.0 Å². The van der Waals surface area contributed by atoms with E-state index in [9.17, 15) is 0 Å². The van der Waals surface area contributed by atoms with Gasteiger partial charge in [0.25, 0.3) is 0 Å². The van der Waals surface area contributed by atoms with Crippen LogP contribution < -0.4 is 0 Å². The molecule has 0 amide bonds. The Labute approximate surface area is 97.7 Å². The molecule has 72 valence electrons. The molecule has 0 atom stereocenters. The van der Waals surface area contributed by atoms with Gasteiger partial charge < -0.3 is 0 Å². The van der Waals surface area contributed by atoms with Gasteiger partial charge >= 0.3 is 0 Å². The smallest absolute Gasteiger partial charge is 0.0701 e. The molecule has 0 N–H and O–H groups in total. The lowest BCUT2D eigenvalue weighted by Crippen LogP contribution is -1.73. The lowest BCUT2D eigenvalue weighted by molar-refractivity contribution is 1.41. The van der Waals surface area contributed by atoms with Crippen LogP contribution in [-0.2, 0) is 0 Å². The first kappa shape index (κ1) is 12.4. The maximum absolute atomic E-state index is 4.18. The van der Waals surface area contributed by atoms with Crippen LogP contribution in [0.3, 0.4) is 0 Å². The van der Waals surface area contributed by atoms with E-state index in [0.29, 0.717) is 0 Å². The Morgan fingerprint density at radius 3 is 2.31 bits per heavy atom. The molecule has 13 heavy (non-hydrogen) atoms. The fourth-order valence-electron chi connectivity index (χ4n) is 1.02. The van der Waals surface area contributed by atoms with Crippen LogP contribution in [0.2, 0.25) is 0 Å². The number of aromatic nitrogens is 1. The fraction of sp³-hybridized carbons (Fsp3) is 0.182. The van der Waals surface area contributed by atoms with E-state index in [1.165, 1.54) is 5.39 Å². The van der Waals surface area contributed by atoms with Gasteiger partial charge in [0.15, 0.2) is 0 Å². The second kappa shape index (κ2) is 6.83. The number of hydrogen-bond donors (Lipinski definition) is 0. The maximum atomic E-state index is 4.18. The van der Waals surface area contributed by atoms with Crippen LogP contribution in [-0.4, -0.2) is 4.98 Å². The van der Waals surface area contributed by atoms with Gasteiger partial charge in [0, 0.05) is 13.0 Å². The Morgan fingerprint density at radius 1 is 1.00 bits per heavy atom. The third-order valence-electron chi connectivity index (χ3n) is 1.51. The van der Waals surface area contributed by atoms with Crippen molar-refractivity contribution in [2.45, 2.75) is 13.8 Å². The van der Waals surface area contributed by atoms with Crippen molar-refractivity contribution >= 4 is 34.9 Å². The standard InChI is InChI=1S/C9H7N.C2H6.HI.H2/c1-2-6-9-8(4-1)5-3-7-10-9;1-2;;/h1-7H;1-2H3;2*1H. The highest BCUT2D eigenvalue weighted by atomic mass is 127. The number of nitrogens with zero attached hydrogens (tertiary/aromatic N) is 1. The van der Waals surface area contributed by atoms with Gasteiger partial charge in [-0.15, -0.1) is 24.0 Å². The number of halogens is 1. The molecule has 0 spiro atoms.